The summed E-state index contributed by atoms with van der Waals surface area (Å²) in [5, 5.41) is 23.8. The molecule has 14 heteroatoms. The van der Waals surface area contributed by atoms with Gasteiger partial charge < -0.3 is 32.0 Å². The number of quaternary nitrogens is 1. The number of fused-ring (bicyclic) bond motifs is 1. The molecule has 3 heterocycles. The fourth-order valence-corrected chi connectivity index (χ4v) is 5.69. The predicted molar refractivity (Wildman–Crippen MR) is 94.6 cm³/mol. The maximum atomic E-state index is 12.5. The van der Waals surface area contributed by atoms with E-state index in [1.165, 1.54) is 24.0 Å². The van der Waals surface area contributed by atoms with Gasteiger partial charge in [0, 0.05) is 6.20 Å². The van der Waals surface area contributed by atoms with Crippen molar-refractivity contribution in [1.82, 2.24) is 19.9 Å². The van der Waals surface area contributed by atoms with E-state index < -0.39 is 43.8 Å². The third-order valence-corrected chi connectivity index (χ3v) is 7.37. The van der Waals surface area contributed by atoms with Gasteiger partial charge in [-0.1, -0.05) is 5.21 Å². The average molecular weight is 454 g/mol. The number of aromatic nitrogens is 3. The van der Waals surface area contributed by atoms with Crippen LogP contribution in [0.2, 0.25) is 0 Å². The van der Waals surface area contributed by atoms with Gasteiger partial charge in [0.2, 0.25) is 5.91 Å². The van der Waals surface area contributed by atoms with Crippen LogP contribution in [-0.4, -0.2) is 105 Å². The number of carbonyl (C=O) groups is 3. The normalized spacial score (nSPS) is 27.0. The molecule has 0 spiro atoms. The number of likely N-dealkylation sites (N-methyl/N-ethyl adjacent to an activating group) is 1. The van der Waals surface area contributed by atoms with Crippen LogP contribution in [0.3, 0.4) is 0 Å². The number of sulfone groups is 1. The lowest BCUT2D eigenvalue weighted by molar-refractivity contribution is -0.862. The molecule has 3 atom stereocenters. The van der Waals surface area contributed by atoms with Crippen molar-refractivity contribution < 1.29 is 49.9 Å². The molecule has 3 rings (SSSR count). The Balaban J connectivity index is 0.000000403. The Morgan fingerprint density at radius 1 is 1.31 bits per heavy atom. The molecule has 0 aromatic carbocycles. The van der Waals surface area contributed by atoms with Gasteiger partial charge in [0.25, 0.3) is 0 Å². The van der Waals surface area contributed by atoms with Gasteiger partial charge in [0.1, 0.15) is 10.1 Å². The number of β-lactam (4-membered cyclic amide) rings is 1. The number of carbonyl (C=O) groups excluding carboxylic acids is 1. The molecule has 1 aromatic rings. The first kappa shape index (κ1) is 24.8. The predicted octanol–water partition coefficient (Wildman–Crippen LogP) is -4.74. The van der Waals surface area contributed by atoms with E-state index in [4.69, 9.17) is 5.11 Å². The summed E-state index contributed by atoms with van der Waals surface area (Å²) in [5.74, 6) is -2.53. The minimum absolute atomic E-state index is 0. The minimum Gasteiger partial charge on any atom is -1.00 e. The van der Waals surface area contributed by atoms with E-state index in [0.29, 0.717) is 4.48 Å². The van der Waals surface area contributed by atoms with Crippen molar-refractivity contribution in [3.05, 3.63) is 12.4 Å². The Hall–Kier alpha value is -2.25. The number of halogens is 1. The van der Waals surface area contributed by atoms with E-state index >= 15 is 0 Å². The van der Waals surface area contributed by atoms with Crippen molar-refractivity contribution >= 4 is 27.7 Å². The lowest BCUT2D eigenvalue weighted by Crippen LogP contribution is -3.00. The molecular formula is C15H24ClN5O7S. The van der Waals surface area contributed by atoms with Crippen molar-refractivity contribution in [3.8, 4) is 0 Å². The fraction of sp³-hybridized carbons (Fsp3) is 0.667. The molecule has 2 fully saturated rings. The van der Waals surface area contributed by atoms with Gasteiger partial charge in [-0.3, -0.25) is 9.48 Å². The van der Waals surface area contributed by atoms with Crippen LogP contribution in [0, 0.1) is 0 Å². The lowest BCUT2D eigenvalue weighted by atomic mass is 9.96. The first-order valence-electron chi connectivity index (χ1n) is 8.34. The van der Waals surface area contributed by atoms with Gasteiger partial charge in [-0.05, 0) is 6.92 Å². The topological polar surface area (TPSA) is 160 Å². The summed E-state index contributed by atoms with van der Waals surface area (Å²) in [6, 6.07) is -1.40. The first-order valence-corrected chi connectivity index (χ1v) is 9.89. The van der Waals surface area contributed by atoms with Gasteiger partial charge in [0.05, 0.1) is 40.3 Å². The summed E-state index contributed by atoms with van der Waals surface area (Å²) in [4.78, 5) is 34.0. The molecule has 1 amide bonds. The number of rotatable bonds is 5. The second-order valence-corrected chi connectivity index (χ2v) is 10.6. The van der Waals surface area contributed by atoms with Crippen molar-refractivity contribution in [2.45, 2.75) is 36.1 Å². The molecule has 0 radical (unpaired) electrons. The molecule has 164 valence electrons. The number of hydrogen-bond donors (Lipinski definition) is 2. The van der Waals surface area contributed by atoms with E-state index in [0.717, 1.165) is 4.90 Å². The quantitative estimate of drug-likeness (QED) is 0.329. The van der Waals surface area contributed by atoms with E-state index in [1.54, 1.807) is 0 Å². The zero-order chi connectivity index (χ0) is 21.5. The molecule has 2 aliphatic heterocycles. The number of amides is 1. The second kappa shape index (κ2) is 8.24. The number of carboxylic acid groups (broad SMARTS) is 2. The number of nitrogens with zero attached hydrogens (tertiary/aromatic N) is 5. The molecule has 2 saturated heterocycles. The van der Waals surface area contributed by atoms with Crippen molar-refractivity contribution in [3.63, 3.8) is 0 Å². The molecule has 0 aliphatic carbocycles. The van der Waals surface area contributed by atoms with Crippen LogP contribution >= 0.6 is 0 Å². The van der Waals surface area contributed by atoms with Crippen LogP contribution in [0.1, 0.15) is 13.3 Å². The van der Waals surface area contributed by atoms with E-state index in [-0.39, 0.29) is 31.9 Å². The second-order valence-electron chi connectivity index (χ2n) is 8.00. The van der Waals surface area contributed by atoms with Gasteiger partial charge >= 0.3 is 11.9 Å². The monoisotopic (exact) mass is 453 g/mol. The van der Waals surface area contributed by atoms with Crippen LogP contribution in [0.4, 0.5) is 0 Å². The zero-order valence-corrected chi connectivity index (χ0v) is 18.0. The molecule has 1 aromatic heterocycles. The standard InChI is InChI=1S/C10H12N4O5S.C5H11NO2.ClH/c1-10(5-13-3-2-11-12-13)8(9(16)17)14-6(15)4-7(14)20(10,18)19;1-6(2,3)4-5(7)8;/h2-3,7-8H,4-5H2,1H3,(H,16,17);4H2,1-3H3;1H/t7-,8+,10+;;/m1../s1. The van der Waals surface area contributed by atoms with Crippen LogP contribution in [0.15, 0.2) is 12.4 Å². The summed E-state index contributed by atoms with van der Waals surface area (Å²) >= 11 is 0. The minimum atomic E-state index is -3.80. The first-order chi connectivity index (χ1) is 12.7. The van der Waals surface area contributed by atoms with Gasteiger partial charge in [-0.25, -0.2) is 18.0 Å². The average Bonchev–Trinajstić information content (AvgIpc) is 3.03. The van der Waals surface area contributed by atoms with Crippen molar-refractivity contribution in [1.29, 1.82) is 0 Å². The fourth-order valence-electron chi connectivity index (χ4n) is 3.33. The molecule has 0 unspecified atom stereocenters. The van der Waals surface area contributed by atoms with Gasteiger partial charge in [-0.15, -0.1) is 5.10 Å². The summed E-state index contributed by atoms with van der Waals surface area (Å²) < 4.78 is 25.2. The number of carboxylic acids is 2. The maximum absolute atomic E-state index is 12.5. The highest BCUT2D eigenvalue weighted by Gasteiger charge is 2.70. The van der Waals surface area contributed by atoms with Crippen molar-refractivity contribution in [2.75, 3.05) is 27.7 Å². The third kappa shape index (κ3) is 4.67. The largest absolute Gasteiger partial charge is 1.00 e. The Morgan fingerprint density at radius 2 is 1.90 bits per heavy atom. The molecule has 29 heavy (non-hydrogen) atoms. The molecule has 2 aliphatic rings. The molecule has 0 bridgehead atoms. The highest BCUT2D eigenvalue weighted by molar-refractivity contribution is 7.93. The van der Waals surface area contributed by atoms with Gasteiger partial charge in [-0.2, -0.15) is 0 Å². The summed E-state index contributed by atoms with van der Waals surface area (Å²) in [6.07, 6.45) is 2.68. The van der Waals surface area contributed by atoms with Crippen molar-refractivity contribution in [2.24, 2.45) is 0 Å². The Bertz CT molecular complexity index is 883. The van der Waals surface area contributed by atoms with Crippen LogP contribution < -0.4 is 12.4 Å². The Morgan fingerprint density at radius 3 is 2.24 bits per heavy atom. The molecule has 12 nitrogen and oxygen atoms in total. The molecule has 0 saturated carbocycles. The van der Waals surface area contributed by atoms with Crippen LogP contribution in [-0.2, 0) is 30.8 Å². The maximum Gasteiger partial charge on any atom is 0.359 e. The van der Waals surface area contributed by atoms with Gasteiger partial charge in [0.15, 0.2) is 22.4 Å². The number of aliphatic carboxylic acids is 2. The SMILES string of the molecule is C[C@]1(Cn2ccnn2)[C@H](C(=O)O)N2C(=O)C[C@H]2S1(=O)=O.C[N+](C)(C)CC(=O)O.[Cl-]. The summed E-state index contributed by atoms with van der Waals surface area (Å²) in [7, 11) is 1.73. The lowest BCUT2D eigenvalue weighted by Gasteiger charge is -2.35. The smallest absolute Gasteiger partial charge is 0.359 e. The van der Waals surface area contributed by atoms with E-state index in [1.807, 2.05) is 21.1 Å². The summed E-state index contributed by atoms with van der Waals surface area (Å²) in [5.41, 5.74) is 0. The Kier molecular flexibility index (Phi) is 7.04. The summed E-state index contributed by atoms with van der Waals surface area (Å²) in [6.45, 7) is 1.36. The Labute approximate surface area is 174 Å². The zero-order valence-electron chi connectivity index (χ0n) is 16.4. The molecule has 2 N–H and O–H groups in total. The third-order valence-electron chi connectivity index (χ3n) is 4.60. The number of hydrogen-bond acceptors (Lipinski definition) is 7. The van der Waals surface area contributed by atoms with E-state index in [2.05, 4.69) is 10.3 Å². The highest BCUT2D eigenvalue weighted by Crippen LogP contribution is 2.46. The molecular weight excluding hydrogens is 430 g/mol. The van der Waals surface area contributed by atoms with Crippen LogP contribution in [0.5, 0.6) is 0 Å². The highest BCUT2D eigenvalue weighted by atomic mass is 35.5. The van der Waals surface area contributed by atoms with E-state index in [9.17, 15) is 27.9 Å². The van der Waals surface area contributed by atoms with Crippen LogP contribution in [0.25, 0.3) is 0 Å².